The number of nitrogens with two attached hydrogens (primary N) is 1. The number of ether oxygens (including phenoxy) is 1. The van der Waals surface area contributed by atoms with Crippen LogP contribution < -0.4 is 5.73 Å². The van der Waals surface area contributed by atoms with Gasteiger partial charge >= 0.3 is 0 Å². The topological polar surface area (TPSA) is 38.5 Å². The Morgan fingerprint density at radius 3 is 2.50 bits per heavy atom. The summed E-state index contributed by atoms with van der Waals surface area (Å²) in [5, 5.41) is 0. The Hall–Kier alpha value is -0.120. The maximum atomic E-state index is 6.24. The van der Waals surface area contributed by atoms with Crippen molar-refractivity contribution in [2.45, 2.75) is 76.9 Å². The third kappa shape index (κ3) is 3.96. The molecule has 0 radical (unpaired) electrons. The maximum Gasteiger partial charge on any atom is 0.0702 e. The lowest BCUT2D eigenvalue weighted by molar-refractivity contribution is -0.0421. The van der Waals surface area contributed by atoms with E-state index in [0.29, 0.717) is 6.10 Å². The molecule has 0 spiro atoms. The minimum absolute atomic E-state index is 0.253. The average Bonchev–Trinajstić information content (AvgIpc) is 2.49. The molecule has 0 aromatic heterocycles. The highest BCUT2D eigenvalue weighted by molar-refractivity contribution is 4.96. The molecular weight excluding hydrogens is 248 g/mol. The molecule has 0 aromatic rings. The number of hydrogen-bond acceptors (Lipinski definition) is 3. The highest BCUT2D eigenvalue weighted by atomic mass is 16.5. The van der Waals surface area contributed by atoms with Crippen molar-refractivity contribution in [2.24, 2.45) is 11.7 Å². The van der Waals surface area contributed by atoms with Crippen LogP contribution in [0.25, 0.3) is 0 Å². The van der Waals surface area contributed by atoms with E-state index >= 15 is 0 Å². The first-order valence-electron chi connectivity index (χ1n) is 8.77. The Bertz CT molecular complexity index is 268. The standard InChI is InChI=1S/C17H34N2O/c1-3-11-19(13-16-6-4-5-12-20-16)17(14-18)9-7-15(2)8-10-17/h15-16H,3-14,18H2,1-2H3. The monoisotopic (exact) mass is 282 g/mol. The van der Waals surface area contributed by atoms with Gasteiger partial charge in [0.1, 0.15) is 0 Å². The molecule has 118 valence electrons. The smallest absolute Gasteiger partial charge is 0.0702 e. The van der Waals surface area contributed by atoms with Crippen LogP contribution in [-0.2, 0) is 4.74 Å². The Morgan fingerprint density at radius 2 is 1.95 bits per heavy atom. The van der Waals surface area contributed by atoms with Gasteiger partial charge < -0.3 is 10.5 Å². The molecule has 20 heavy (non-hydrogen) atoms. The zero-order valence-electron chi connectivity index (χ0n) is 13.6. The zero-order chi connectivity index (χ0) is 14.4. The quantitative estimate of drug-likeness (QED) is 0.813. The molecule has 1 unspecified atom stereocenters. The van der Waals surface area contributed by atoms with Crippen LogP contribution in [0, 0.1) is 5.92 Å². The first-order valence-corrected chi connectivity index (χ1v) is 8.77. The van der Waals surface area contributed by atoms with E-state index in [2.05, 4.69) is 18.7 Å². The van der Waals surface area contributed by atoms with Crippen LogP contribution in [-0.4, -0.2) is 42.8 Å². The van der Waals surface area contributed by atoms with E-state index < -0.39 is 0 Å². The second-order valence-corrected chi connectivity index (χ2v) is 7.05. The molecule has 1 saturated heterocycles. The Labute approximate surface area is 125 Å². The van der Waals surface area contributed by atoms with E-state index in [0.717, 1.165) is 25.6 Å². The van der Waals surface area contributed by atoms with Gasteiger partial charge in [0.15, 0.2) is 0 Å². The van der Waals surface area contributed by atoms with E-state index in [9.17, 15) is 0 Å². The Morgan fingerprint density at radius 1 is 1.20 bits per heavy atom. The highest BCUT2D eigenvalue weighted by Crippen LogP contribution is 2.36. The molecule has 3 heteroatoms. The van der Waals surface area contributed by atoms with Gasteiger partial charge in [-0.05, 0) is 63.8 Å². The maximum absolute atomic E-state index is 6.24. The minimum atomic E-state index is 0.253. The summed E-state index contributed by atoms with van der Waals surface area (Å²) in [6.45, 7) is 8.70. The summed E-state index contributed by atoms with van der Waals surface area (Å²) in [5.74, 6) is 0.879. The fourth-order valence-electron chi connectivity index (χ4n) is 3.94. The van der Waals surface area contributed by atoms with E-state index in [1.165, 1.54) is 57.9 Å². The van der Waals surface area contributed by atoms with Crippen LogP contribution in [0.3, 0.4) is 0 Å². The fraction of sp³-hybridized carbons (Fsp3) is 1.00. The minimum Gasteiger partial charge on any atom is -0.377 e. The SMILES string of the molecule is CCCN(CC1CCCCO1)C1(CN)CCC(C)CC1. The molecule has 0 amide bonds. The summed E-state index contributed by atoms with van der Waals surface area (Å²) in [4.78, 5) is 2.69. The normalized spacial score (nSPS) is 35.4. The molecule has 1 atom stereocenters. The number of hydrogen-bond donors (Lipinski definition) is 1. The second kappa shape index (κ2) is 7.77. The van der Waals surface area contributed by atoms with Crippen LogP contribution in [0.4, 0.5) is 0 Å². The van der Waals surface area contributed by atoms with Gasteiger partial charge in [-0.15, -0.1) is 0 Å². The molecule has 1 saturated carbocycles. The molecule has 2 rings (SSSR count). The van der Waals surface area contributed by atoms with E-state index in [4.69, 9.17) is 10.5 Å². The van der Waals surface area contributed by atoms with Gasteiger partial charge in [-0.2, -0.15) is 0 Å². The zero-order valence-corrected chi connectivity index (χ0v) is 13.6. The van der Waals surface area contributed by atoms with Crippen molar-refractivity contribution in [3.8, 4) is 0 Å². The first-order chi connectivity index (χ1) is 9.70. The third-order valence-corrected chi connectivity index (χ3v) is 5.45. The van der Waals surface area contributed by atoms with E-state index in [1.807, 2.05) is 0 Å². The summed E-state index contributed by atoms with van der Waals surface area (Å²) in [7, 11) is 0. The molecule has 2 N–H and O–H groups in total. The lowest BCUT2D eigenvalue weighted by Crippen LogP contribution is -2.58. The lowest BCUT2D eigenvalue weighted by Gasteiger charge is -2.48. The van der Waals surface area contributed by atoms with Gasteiger partial charge in [0.05, 0.1) is 6.10 Å². The summed E-state index contributed by atoms with van der Waals surface area (Å²) in [6.07, 6.45) is 10.7. The number of nitrogens with zero attached hydrogens (tertiary/aromatic N) is 1. The molecular formula is C17H34N2O. The van der Waals surface area contributed by atoms with Gasteiger partial charge in [0, 0.05) is 25.2 Å². The molecule has 0 bridgehead atoms. The van der Waals surface area contributed by atoms with E-state index in [-0.39, 0.29) is 5.54 Å². The van der Waals surface area contributed by atoms with Crippen LogP contribution in [0.15, 0.2) is 0 Å². The molecule has 2 fully saturated rings. The van der Waals surface area contributed by atoms with Crippen molar-refractivity contribution in [1.29, 1.82) is 0 Å². The first kappa shape index (κ1) is 16.3. The summed E-state index contributed by atoms with van der Waals surface area (Å²) >= 11 is 0. The molecule has 1 aliphatic heterocycles. The number of rotatable bonds is 6. The largest absolute Gasteiger partial charge is 0.377 e. The molecule has 1 heterocycles. The van der Waals surface area contributed by atoms with Gasteiger partial charge in [-0.25, -0.2) is 0 Å². The summed E-state index contributed by atoms with van der Waals surface area (Å²) < 4.78 is 5.97. The second-order valence-electron chi connectivity index (χ2n) is 7.05. The Balaban J connectivity index is 2.00. The van der Waals surface area contributed by atoms with Crippen molar-refractivity contribution in [3.05, 3.63) is 0 Å². The highest BCUT2D eigenvalue weighted by Gasteiger charge is 2.39. The van der Waals surface area contributed by atoms with E-state index in [1.54, 1.807) is 0 Å². The van der Waals surface area contributed by atoms with Crippen molar-refractivity contribution >= 4 is 0 Å². The fourth-order valence-corrected chi connectivity index (χ4v) is 3.94. The summed E-state index contributed by atoms with van der Waals surface area (Å²) in [5.41, 5.74) is 6.49. The van der Waals surface area contributed by atoms with Gasteiger partial charge in [-0.3, -0.25) is 4.90 Å². The molecule has 2 aliphatic rings. The molecule has 3 nitrogen and oxygen atoms in total. The van der Waals surface area contributed by atoms with Crippen molar-refractivity contribution in [1.82, 2.24) is 4.90 Å². The van der Waals surface area contributed by atoms with Gasteiger partial charge in [-0.1, -0.05) is 13.8 Å². The third-order valence-electron chi connectivity index (χ3n) is 5.45. The summed E-state index contributed by atoms with van der Waals surface area (Å²) in [6, 6.07) is 0. The van der Waals surface area contributed by atoms with Gasteiger partial charge in [0.2, 0.25) is 0 Å². The van der Waals surface area contributed by atoms with Crippen LogP contribution in [0.5, 0.6) is 0 Å². The van der Waals surface area contributed by atoms with Crippen molar-refractivity contribution < 1.29 is 4.74 Å². The molecule has 0 aromatic carbocycles. The van der Waals surface area contributed by atoms with Gasteiger partial charge in [0.25, 0.3) is 0 Å². The average molecular weight is 282 g/mol. The molecule has 1 aliphatic carbocycles. The Kier molecular flexibility index (Phi) is 6.31. The van der Waals surface area contributed by atoms with Crippen molar-refractivity contribution in [2.75, 3.05) is 26.2 Å². The van der Waals surface area contributed by atoms with Crippen LogP contribution in [0.1, 0.15) is 65.2 Å². The van der Waals surface area contributed by atoms with Crippen molar-refractivity contribution in [3.63, 3.8) is 0 Å². The predicted octanol–water partition coefficient (Wildman–Crippen LogP) is 3.18. The van der Waals surface area contributed by atoms with Crippen LogP contribution in [0.2, 0.25) is 0 Å². The predicted molar refractivity (Wildman–Crippen MR) is 84.9 cm³/mol. The lowest BCUT2D eigenvalue weighted by atomic mass is 9.75. The van der Waals surface area contributed by atoms with Crippen LogP contribution >= 0.6 is 0 Å².